The summed E-state index contributed by atoms with van der Waals surface area (Å²) in [5, 5.41) is 106. The lowest BCUT2D eigenvalue weighted by atomic mass is 9.97. The highest BCUT2D eigenvalue weighted by Gasteiger charge is 2.31. The van der Waals surface area contributed by atoms with Gasteiger partial charge in [-0.1, -0.05) is 30.3 Å². The van der Waals surface area contributed by atoms with Crippen LogP contribution in [0.25, 0.3) is 0 Å². The molecule has 1 rings (SSSR count). The maximum atomic E-state index is 12.3. The summed E-state index contributed by atoms with van der Waals surface area (Å²) < 4.78 is 5.24. The highest BCUT2D eigenvalue weighted by Crippen LogP contribution is 2.16. The van der Waals surface area contributed by atoms with E-state index in [-0.39, 0.29) is 44.5 Å². The van der Waals surface area contributed by atoms with Crippen LogP contribution in [0.2, 0.25) is 0 Å². The van der Waals surface area contributed by atoms with E-state index >= 15 is 0 Å². The fourth-order valence-electron chi connectivity index (χ4n) is 4.19. The Morgan fingerprint density at radius 1 is 0.692 bits per heavy atom. The standard InChI is InChI=1S/C21H31NO9.C11H22N2O8/c1-13(24)9-15(21(30)31-12-14-5-3-2-4-6-14)7-8-18(27)22-10-16(25)19(28)20(29)17(26)11-23;12-5(11(20)21)1-2-8(17)13-3-6(15)9(18)10(19)7(16)4-14/h2-6,15-17,19-20,23,25-26,28-29H,7-12H2,1H3,(H,22,27);5-7,9-10,14-16,18-19H,1-4,12H2,(H,13,17)(H,20,21)/t15-,16+,17-,19-,20-;5-,6-,7+,9+,10+/m10/s1. The Bertz CT molecular complexity index is 1210. The molecule has 0 aromatic heterocycles. The Kier molecular flexibility index (Phi) is 24.3. The molecule has 2 amide bonds. The van der Waals surface area contributed by atoms with Gasteiger partial charge in [0.2, 0.25) is 11.8 Å². The molecule has 0 bridgehead atoms. The number of carbonyl (C=O) groups excluding carboxylic acids is 4. The molecule has 1 aromatic carbocycles. The number of ether oxygens (including phenoxy) is 1. The molecule has 0 aliphatic rings. The van der Waals surface area contributed by atoms with Crippen molar-refractivity contribution in [3.05, 3.63) is 35.9 Å². The normalized spacial score (nSPS) is 16.9. The lowest BCUT2D eigenvalue weighted by molar-refractivity contribution is -0.151. The van der Waals surface area contributed by atoms with Crippen molar-refractivity contribution in [2.75, 3.05) is 26.3 Å². The number of Topliss-reactive ketones (excluding diaryl/α,β-unsaturated/α-hetero) is 1. The minimum Gasteiger partial charge on any atom is -0.480 e. The predicted molar refractivity (Wildman–Crippen MR) is 177 cm³/mol. The van der Waals surface area contributed by atoms with Gasteiger partial charge >= 0.3 is 11.9 Å². The molecule has 0 spiro atoms. The van der Waals surface area contributed by atoms with Crippen LogP contribution in [-0.2, 0) is 35.3 Å². The van der Waals surface area contributed by atoms with Crippen LogP contribution >= 0.6 is 0 Å². The summed E-state index contributed by atoms with van der Waals surface area (Å²) >= 11 is 0. The number of benzene rings is 1. The Balaban J connectivity index is 0.00000108. The number of nitrogens with one attached hydrogen (secondary N) is 2. The summed E-state index contributed by atoms with van der Waals surface area (Å²) in [5.74, 6) is -3.99. The van der Waals surface area contributed by atoms with E-state index in [1.807, 2.05) is 6.07 Å². The van der Waals surface area contributed by atoms with Gasteiger partial charge in [0.1, 0.15) is 55.1 Å². The largest absolute Gasteiger partial charge is 0.480 e. The van der Waals surface area contributed by atoms with Gasteiger partial charge in [-0.25, -0.2) is 0 Å². The van der Waals surface area contributed by atoms with Crippen LogP contribution in [0, 0.1) is 5.92 Å². The number of carbonyl (C=O) groups is 5. The second-order valence-corrected chi connectivity index (χ2v) is 11.9. The van der Waals surface area contributed by atoms with Crippen LogP contribution in [-0.4, -0.2) is 167 Å². The molecule has 0 fully saturated rings. The van der Waals surface area contributed by atoms with Gasteiger partial charge in [0.25, 0.3) is 0 Å². The van der Waals surface area contributed by atoms with Gasteiger partial charge in [-0.3, -0.25) is 19.2 Å². The van der Waals surface area contributed by atoms with Crippen molar-refractivity contribution in [2.24, 2.45) is 11.7 Å². The molecule has 0 heterocycles. The SMILES string of the molecule is CC(=O)C[C@@H](CCC(=O)NC[C@H](O)[C@@H](O)[C@H](O)[C@H](O)CO)C(=O)OCc1ccccc1.N[C@@H](CCC(=O)NC[C@H](O)[C@@H](O)[C@H](O)[C@H](O)CO)C(=O)O. The topological polar surface area (TPSA) is 367 Å². The predicted octanol–water partition coefficient (Wildman–Crippen LogP) is -5.61. The first-order valence-electron chi connectivity index (χ1n) is 16.2. The van der Waals surface area contributed by atoms with Gasteiger partial charge in [-0.2, -0.15) is 0 Å². The number of aliphatic hydroxyl groups excluding tert-OH is 10. The van der Waals surface area contributed by atoms with Gasteiger partial charge in [-0.05, 0) is 25.3 Å². The average Bonchev–Trinajstić information content (AvgIpc) is 3.13. The summed E-state index contributed by atoms with van der Waals surface area (Å²) in [5.41, 5.74) is 5.99. The Morgan fingerprint density at radius 2 is 1.12 bits per heavy atom. The Morgan fingerprint density at radius 3 is 1.52 bits per heavy atom. The van der Waals surface area contributed by atoms with Gasteiger partial charge in [0, 0.05) is 32.4 Å². The minimum absolute atomic E-state index is 0.0452. The number of aliphatic carboxylic acids is 1. The van der Waals surface area contributed by atoms with Gasteiger partial charge in [0.15, 0.2) is 0 Å². The molecular formula is C32H53N3O17. The first-order chi connectivity index (χ1) is 24.4. The molecule has 0 saturated carbocycles. The molecule has 52 heavy (non-hydrogen) atoms. The zero-order valence-corrected chi connectivity index (χ0v) is 28.7. The van der Waals surface area contributed by atoms with Gasteiger partial charge in [0.05, 0.1) is 31.3 Å². The van der Waals surface area contributed by atoms with Crippen molar-refractivity contribution in [2.45, 2.75) is 101 Å². The minimum atomic E-state index is -1.80. The molecule has 0 radical (unpaired) electrons. The maximum Gasteiger partial charge on any atom is 0.320 e. The molecule has 0 unspecified atom stereocenters. The van der Waals surface area contributed by atoms with E-state index < -0.39 is 111 Å². The van der Waals surface area contributed by atoms with Gasteiger partial charge in [-0.15, -0.1) is 0 Å². The zero-order valence-electron chi connectivity index (χ0n) is 28.7. The van der Waals surface area contributed by atoms with Crippen molar-refractivity contribution < 1.29 is 84.9 Å². The lowest BCUT2D eigenvalue weighted by Crippen LogP contribution is -2.49. The van der Waals surface area contributed by atoms with Crippen molar-refractivity contribution in [3.63, 3.8) is 0 Å². The molecular weight excluding hydrogens is 698 g/mol. The highest BCUT2D eigenvalue weighted by atomic mass is 16.5. The summed E-state index contributed by atoms with van der Waals surface area (Å²) in [4.78, 5) is 57.6. The molecule has 20 heteroatoms. The number of ketones is 1. The molecule has 298 valence electrons. The summed E-state index contributed by atoms with van der Waals surface area (Å²) in [6.45, 7) is -1.07. The number of aliphatic hydroxyl groups is 10. The quantitative estimate of drug-likeness (QED) is 0.0438. The highest BCUT2D eigenvalue weighted by molar-refractivity contribution is 5.83. The second kappa shape index (κ2) is 26.1. The fraction of sp³-hybridized carbons (Fsp3) is 0.656. The van der Waals surface area contributed by atoms with Crippen LogP contribution in [0.15, 0.2) is 30.3 Å². The fourth-order valence-corrected chi connectivity index (χ4v) is 4.19. The molecule has 0 aliphatic heterocycles. The monoisotopic (exact) mass is 751 g/mol. The molecule has 1 aromatic rings. The van der Waals surface area contributed by atoms with E-state index in [0.29, 0.717) is 0 Å². The van der Waals surface area contributed by atoms with E-state index in [1.54, 1.807) is 24.3 Å². The first-order valence-corrected chi connectivity index (χ1v) is 16.2. The van der Waals surface area contributed by atoms with Crippen molar-refractivity contribution in [3.8, 4) is 0 Å². The van der Waals surface area contributed by atoms with Crippen LogP contribution in [0.4, 0.5) is 0 Å². The van der Waals surface area contributed by atoms with Gasteiger partial charge < -0.3 is 82.1 Å². The molecule has 15 N–H and O–H groups in total. The summed E-state index contributed by atoms with van der Waals surface area (Å²) in [6.07, 6.45) is -14.0. The first kappa shape index (κ1) is 48.3. The van der Waals surface area contributed by atoms with E-state index in [0.717, 1.165) is 5.56 Å². The second-order valence-electron chi connectivity index (χ2n) is 11.9. The van der Waals surface area contributed by atoms with Crippen LogP contribution in [0.5, 0.6) is 0 Å². The van der Waals surface area contributed by atoms with Crippen molar-refractivity contribution in [1.82, 2.24) is 10.6 Å². The van der Waals surface area contributed by atoms with E-state index in [9.17, 15) is 59.7 Å². The van der Waals surface area contributed by atoms with Crippen LogP contribution < -0.4 is 16.4 Å². The number of rotatable bonds is 24. The van der Waals surface area contributed by atoms with E-state index in [2.05, 4.69) is 10.6 Å². The summed E-state index contributed by atoms with van der Waals surface area (Å²) in [7, 11) is 0. The van der Waals surface area contributed by atoms with E-state index in [4.69, 9.17) is 30.9 Å². The van der Waals surface area contributed by atoms with E-state index in [1.165, 1.54) is 6.92 Å². The number of hydrogen-bond donors (Lipinski definition) is 14. The number of carboxylic acid groups (broad SMARTS) is 1. The van der Waals surface area contributed by atoms with Crippen molar-refractivity contribution in [1.29, 1.82) is 0 Å². The number of amides is 2. The molecule has 10 atom stereocenters. The van der Waals surface area contributed by atoms with Crippen LogP contribution in [0.3, 0.4) is 0 Å². The number of esters is 1. The average molecular weight is 752 g/mol. The third kappa shape index (κ3) is 19.8. The zero-order chi connectivity index (χ0) is 40.0. The third-order valence-corrected chi connectivity index (χ3v) is 7.48. The number of nitrogens with two attached hydrogens (primary N) is 1. The number of hydrogen-bond acceptors (Lipinski definition) is 17. The molecule has 0 aliphatic carbocycles. The lowest BCUT2D eigenvalue weighted by Gasteiger charge is -2.25. The molecule has 20 nitrogen and oxygen atoms in total. The Labute approximate surface area is 299 Å². The number of carboxylic acids is 1. The third-order valence-electron chi connectivity index (χ3n) is 7.48. The Hall–Kier alpha value is -3.67. The van der Waals surface area contributed by atoms with Crippen LogP contribution in [0.1, 0.15) is 44.6 Å². The smallest absolute Gasteiger partial charge is 0.320 e. The molecule has 0 saturated heterocycles. The maximum absolute atomic E-state index is 12.3. The summed E-state index contributed by atoms with van der Waals surface area (Å²) in [6, 6.07) is 7.83. The van der Waals surface area contributed by atoms with Crippen molar-refractivity contribution >= 4 is 29.5 Å².